The molecule has 150 valence electrons. The van der Waals surface area contributed by atoms with Gasteiger partial charge in [0.1, 0.15) is 0 Å². The van der Waals surface area contributed by atoms with Crippen molar-refractivity contribution in [3.63, 3.8) is 0 Å². The second-order valence-corrected chi connectivity index (χ2v) is 8.60. The fourth-order valence-corrected chi connectivity index (χ4v) is 4.03. The normalized spacial score (nSPS) is 32.9. The van der Waals surface area contributed by atoms with Gasteiger partial charge in [-0.05, 0) is 31.7 Å². The summed E-state index contributed by atoms with van der Waals surface area (Å²) in [4.78, 5) is 5.16. The van der Waals surface area contributed by atoms with Crippen LogP contribution in [-0.2, 0) is 18.9 Å². The minimum Gasteiger partial charge on any atom is -0.372 e. The zero-order valence-corrected chi connectivity index (χ0v) is 16.3. The Morgan fingerprint density at radius 3 is 1.62 bits per heavy atom. The molecule has 0 amide bonds. The summed E-state index contributed by atoms with van der Waals surface area (Å²) >= 11 is 0. The Morgan fingerprint density at radius 1 is 0.731 bits per heavy atom. The van der Waals surface area contributed by atoms with E-state index < -0.39 is 0 Å². The maximum atomic E-state index is 5.47. The lowest BCUT2D eigenvalue weighted by Gasteiger charge is -2.27. The van der Waals surface area contributed by atoms with Gasteiger partial charge >= 0.3 is 0 Å². The summed E-state index contributed by atoms with van der Waals surface area (Å²) in [7, 11) is 0. The Bertz CT molecular complexity index is 394. The van der Waals surface area contributed by atoms with Gasteiger partial charge in [0.25, 0.3) is 0 Å². The van der Waals surface area contributed by atoms with E-state index >= 15 is 0 Å². The molecule has 0 spiro atoms. The highest BCUT2D eigenvalue weighted by Crippen LogP contribution is 2.22. The Kier molecular flexibility index (Phi) is 6.83. The lowest BCUT2D eigenvalue weighted by molar-refractivity contribution is 0.173. The monoisotopic (exact) mass is 368 g/mol. The number of nitrogens with zero attached hydrogens (tertiary/aromatic N) is 2. The summed E-state index contributed by atoms with van der Waals surface area (Å²) in [5.74, 6) is 0.786. The molecule has 5 atom stereocenters. The van der Waals surface area contributed by atoms with Crippen LogP contribution < -0.4 is 0 Å². The van der Waals surface area contributed by atoms with Gasteiger partial charge in [0.2, 0.25) is 0 Å². The van der Waals surface area contributed by atoms with Crippen LogP contribution in [0.25, 0.3) is 0 Å². The maximum absolute atomic E-state index is 5.47. The fourth-order valence-electron chi connectivity index (χ4n) is 4.03. The molecule has 4 fully saturated rings. The van der Waals surface area contributed by atoms with Crippen LogP contribution in [0.5, 0.6) is 0 Å². The molecule has 4 aliphatic rings. The van der Waals surface area contributed by atoms with Crippen LogP contribution in [0, 0.1) is 5.92 Å². The van der Waals surface area contributed by atoms with Crippen molar-refractivity contribution >= 4 is 0 Å². The van der Waals surface area contributed by atoms with Gasteiger partial charge in [-0.1, -0.05) is 13.3 Å². The molecule has 6 nitrogen and oxygen atoms in total. The van der Waals surface area contributed by atoms with Gasteiger partial charge in [-0.2, -0.15) is 0 Å². The van der Waals surface area contributed by atoms with Gasteiger partial charge < -0.3 is 18.9 Å². The first-order valence-corrected chi connectivity index (χ1v) is 10.7. The lowest BCUT2D eigenvalue weighted by atomic mass is 9.96. The summed E-state index contributed by atoms with van der Waals surface area (Å²) in [6, 6.07) is 0. The SMILES string of the molecule is CCCC(CCCN(CC1CO1)CC1CO1)CN(CC1CO1)CC1CO1. The van der Waals surface area contributed by atoms with Crippen LogP contribution in [0.3, 0.4) is 0 Å². The molecule has 26 heavy (non-hydrogen) atoms. The topological polar surface area (TPSA) is 56.6 Å². The highest BCUT2D eigenvalue weighted by atomic mass is 16.6. The van der Waals surface area contributed by atoms with E-state index in [0.29, 0.717) is 24.4 Å². The molecular formula is C20H36N2O4. The number of ether oxygens (including phenoxy) is 4. The first-order valence-electron chi connectivity index (χ1n) is 10.7. The first kappa shape index (κ1) is 19.1. The van der Waals surface area contributed by atoms with Crippen molar-refractivity contribution in [2.45, 2.75) is 57.0 Å². The van der Waals surface area contributed by atoms with E-state index in [1.165, 1.54) is 38.8 Å². The Morgan fingerprint density at radius 2 is 1.19 bits per heavy atom. The summed E-state index contributed by atoms with van der Waals surface area (Å²) in [6.07, 6.45) is 7.10. The number of hydrogen-bond acceptors (Lipinski definition) is 6. The molecule has 0 aromatic carbocycles. The van der Waals surface area contributed by atoms with Crippen LogP contribution in [0.15, 0.2) is 0 Å². The molecule has 0 radical (unpaired) electrons. The van der Waals surface area contributed by atoms with E-state index in [0.717, 1.165) is 58.5 Å². The van der Waals surface area contributed by atoms with Crippen molar-refractivity contribution < 1.29 is 18.9 Å². The number of hydrogen-bond donors (Lipinski definition) is 0. The number of rotatable bonds is 16. The zero-order chi connectivity index (χ0) is 17.8. The largest absolute Gasteiger partial charge is 0.372 e. The van der Waals surface area contributed by atoms with Crippen molar-refractivity contribution in [3.8, 4) is 0 Å². The van der Waals surface area contributed by atoms with Crippen molar-refractivity contribution in [1.29, 1.82) is 0 Å². The molecule has 0 aromatic rings. The van der Waals surface area contributed by atoms with Crippen LogP contribution in [0.1, 0.15) is 32.6 Å². The van der Waals surface area contributed by atoms with Crippen LogP contribution in [0.2, 0.25) is 0 Å². The second-order valence-electron chi connectivity index (χ2n) is 8.60. The van der Waals surface area contributed by atoms with Crippen molar-refractivity contribution in [3.05, 3.63) is 0 Å². The molecule has 0 bridgehead atoms. The first-order chi connectivity index (χ1) is 12.8. The van der Waals surface area contributed by atoms with E-state index in [1.54, 1.807) is 0 Å². The van der Waals surface area contributed by atoms with Crippen molar-refractivity contribution in [2.24, 2.45) is 5.92 Å². The molecule has 4 aliphatic heterocycles. The highest BCUT2D eigenvalue weighted by molar-refractivity contribution is 4.83. The van der Waals surface area contributed by atoms with Crippen LogP contribution in [0.4, 0.5) is 0 Å². The standard InChI is InChI=1S/C20H36N2O4/c1-2-4-16(7-22(10-19-14-25-19)11-20-15-26-20)5-3-6-21(8-17-12-23-17)9-18-13-24-18/h16-20H,2-15H2,1H3. The van der Waals surface area contributed by atoms with Crippen molar-refractivity contribution in [2.75, 3.05) is 65.7 Å². The smallest absolute Gasteiger partial charge is 0.0936 e. The van der Waals surface area contributed by atoms with Crippen molar-refractivity contribution in [1.82, 2.24) is 9.80 Å². The molecule has 5 unspecified atom stereocenters. The molecule has 0 aliphatic carbocycles. The third kappa shape index (κ3) is 7.41. The van der Waals surface area contributed by atoms with E-state index in [4.69, 9.17) is 18.9 Å². The molecule has 4 saturated heterocycles. The highest BCUT2D eigenvalue weighted by Gasteiger charge is 2.32. The van der Waals surface area contributed by atoms with Crippen LogP contribution >= 0.6 is 0 Å². The third-order valence-electron chi connectivity index (χ3n) is 5.76. The Labute approximate surface area is 158 Å². The van der Waals surface area contributed by atoms with Gasteiger partial charge in [0, 0.05) is 32.7 Å². The summed E-state index contributed by atoms with van der Waals surface area (Å²) in [5.41, 5.74) is 0. The molecule has 4 heterocycles. The van der Waals surface area contributed by atoms with Gasteiger partial charge in [-0.15, -0.1) is 0 Å². The summed E-state index contributed by atoms with van der Waals surface area (Å²) < 4.78 is 21.8. The minimum absolute atomic E-state index is 0.476. The molecule has 0 N–H and O–H groups in total. The van der Waals surface area contributed by atoms with Gasteiger partial charge in [-0.3, -0.25) is 9.80 Å². The van der Waals surface area contributed by atoms with E-state index in [9.17, 15) is 0 Å². The van der Waals surface area contributed by atoms with Crippen LogP contribution in [-0.4, -0.2) is 99.9 Å². The van der Waals surface area contributed by atoms with E-state index in [1.807, 2.05) is 0 Å². The average molecular weight is 369 g/mol. The Hall–Kier alpha value is -0.240. The summed E-state index contributed by atoms with van der Waals surface area (Å²) in [6.45, 7) is 12.8. The molecule has 0 aromatic heterocycles. The predicted molar refractivity (Wildman–Crippen MR) is 99.5 cm³/mol. The fraction of sp³-hybridized carbons (Fsp3) is 1.00. The molecule has 0 saturated carbocycles. The molecule has 6 heteroatoms. The van der Waals surface area contributed by atoms with Gasteiger partial charge in [-0.25, -0.2) is 0 Å². The predicted octanol–water partition coefficient (Wildman–Crippen LogP) is 1.38. The van der Waals surface area contributed by atoms with Gasteiger partial charge in [0.05, 0.1) is 50.8 Å². The van der Waals surface area contributed by atoms with E-state index in [-0.39, 0.29) is 0 Å². The molecular weight excluding hydrogens is 332 g/mol. The van der Waals surface area contributed by atoms with Gasteiger partial charge in [0.15, 0.2) is 0 Å². The summed E-state index contributed by atoms with van der Waals surface area (Å²) in [5, 5.41) is 0. The average Bonchev–Trinajstić information content (AvgIpc) is 3.43. The third-order valence-corrected chi connectivity index (χ3v) is 5.76. The quantitative estimate of drug-likeness (QED) is 0.384. The Balaban J connectivity index is 1.19. The number of epoxide rings is 4. The van der Waals surface area contributed by atoms with E-state index in [2.05, 4.69) is 16.7 Å². The minimum atomic E-state index is 0.476. The zero-order valence-electron chi connectivity index (χ0n) is 16.3. The second kappa shape index (κ2) is 9.30. The maximum Gasteiger partial charge on any atom is 0.0936 e. The lowest BCUT2D eigenvalue weighted by Crippen LogP contribution is -2.36. The molecule has 4 rings (SSSR count).